The molecule has 0 bridgehead atoms. The Morgan fingerprint density at radius 2 is 1.95 bits per heavy atom. The summed E-state index contributed by atoms with van der Waals surface area (Å²) >= 11 is 0. The largest absolute Gasteiger partial charge is 0.383 e. The molecule has 4 aromatic rings. The van der Waals surface area contributed by atoms with Crippen molar-refractivity contribution in [2.75, 3.05) is 44.1 Å². The summed E-state index contributed by atoms with van der Waals surface area (Å²) in [6, 6.07) is 16.2. The number of fused-ring (bicyclic) bond motifs is 2. The molecule has 40 heavy (non-hydrogen) atoms. The first-order chi connectivity index (χ1) is 19.4. The Balaban J connectivity index is 1.33. The molecular weight excluding hydrogens is 530 g/mol. The molecule has 11 heteroatoms. The van der Waals surface area contributed by atoms with E-state index in [1.165, 1.54) is 6.07 Å². The highest BCUT2D eigenvalue weighted by Gasteiger charge is 2.23. The summed E-state index contributed by atoms with van der Waals surface area (Å²) in [5.74, 6) is 0.364. The predicted molar refractivity (Wildman–Crippen MR) is 152 cm³/mol. The van der Waals surface area contributed by atoms with Gasteiger partial charge in [-0.05, 0) is 55.0 Å². The number of likely N-dealkylation sites (N-methyl/N-ethyl adjacent to an activating group) is 1. The van der Waals surface area contributed by atoms with Crippen molar-refractivity contribution in [3.8, 4) is 11.4 Å². The molecule has 0 aliphatic carbocycles. The summed E-state index contributed by atoms with van der Waals surface area (Å²) in [6.45, 7) is 4.74. The highest BCUT2D eigenvalue weighted by molar-refractivity contribution is 7.91. The standard InChI is InChI=1S/C29H31N5O5S/c1-3-34(11-12-38-2)28-6-4-5-24(33-28)25-10-9-21-17-30-23(16-26(21)32-25)18-31-29(35)20-7-8-22-19-39-13-14-40(36,37)27(22)15-20/h4-10,15-17H,3,11-14,18-19H2,1-2H3,(H,31,35). The lowest BCUT2D eigenvalue weighted by atomic mass is 10.1. The van der Waals surface area contributed by atoms with Crippen molar-refractivity contribution in [3.63, 3.8) is 0 Å². The first-order valence-electron chi connectivity index (χ1n) is 13.1. The number of pyridine rings is 3. The quantitative estimate of drug-likeness (QED) is 0.327. The first-order valence-corrected chi connectivity index (χ1v) is 14.7. The van der Waals surface area contributed by atoms with Gasteiger partial charge in [0.05, 0.1) is 59.6 Å². The lowest BCUT2D eigenvalue weighted by molar-refractivity contribution is 0.0950. The van der Waals surface area contributed by atoms with Gasteiger partial charge in [-0.2, -0.15) is 0 Å². The van der Waals surface area contributed by atoms with Crippen molar-refractivity contribution < 1.29 is 22.7 Å². The number of rotatable bonds is 9. The SMILES string of the molecule is CCN(CCOC)c1cccc(-c2ccc3cnc(CNC(=O)c4ccc5c(c4)S(=O)(=O)CCOC5)cc3n2)n1. The normalized spacial score (nSPS) is 14.3. The van der Waals surface area contributed by atoms with E-state index in [2.05, 4.69) is 22.1 Å². The van der Waals surface area contributed by atoms with Gasteiger partial charge in [0.15, 0.2) is 9.84 Å². The molecule has 1 aromatic carbocycles. The smallest absolute Gasteiger partial charge is 0.251 e. The lowest BCUT2D eigenvalue weighted by Crippen LogP contribution is -2.27. The molecule has 0 fully saturated rings. The zero-order valence-corrected chi connectivity index (χ0v) is 23.3. The van der Waals surface area contributed by atoms with Crippen LogP contribution in [0.2, 0.25) is 0 Å². The highest BCUT2D eigenvalue weighted by atomic mass is 32.2. The van der Waals surface area contributed by atoms with Gasteiger partial charge in [0, 0.05) is 37.3 Å². The highest BCUT2D eigenvalue weighted by Crippen LogP contribution is 2.24. The Labute approximate surface area is 233 Å². The number of anilines is 1. The third kappa shape index (κ3) is 6.11. The summed E-state index contributed by atoms with van der Waals surface area (Å²) in [5.41, 5.74) is 3.66. The molecule has 3 aromatic heterocycles. The van der Waals surface area contributed by atoms with Crippen LogP contribution in [-0.2, 0) is 32.5 Å². The van der Waals surface area contributed by atoms with E-state index in [4.69, 9.17) is 19.4 Å². The third-order valence-corrected chi connectivity index (χ3v) is 8.50. The number of hydrogen-bond donors (Lipinski definition) is 1. The van der Waals surface area contributed by atoms with Gasteiger partial charge in [-0.1, -0.05) is 12.1 Å². The van der Waals surface area contributed by atoms with Crippen LogP contribution in [0.4, 0.5) is 5.82 Å². The van der Waals surface area contributed by atoms with E-state index < -0.39 is 9.84 Å². The molecule has 0 atom stereocenters. The maximum atomic E-state index is 12.9. The number of ether oxygens (including phenoxy) is 2. The Bertz CT molecular complexity index is 1640. The molecule has 1 amide bonds. The summed E-state index contributed by atoms with van der Waals surface area (Å²) in [4.78, 5) is 29.3. The van der Waals surface area contributed by atoms with Crippen LogP contribution < -0.4 is 10.2 Å². The number of nitrogens with one attached hydrogen (secondary N) is 1. The minimum atomic E-state index is -3.51. The molecule has 4 heterocycles. The fourth-order valence-electron chi connectivity index (χ4n) is 4.51. The van der Waals surface area contributed by atoms with Crippen LogP contribution in [0.5, 0.6) is 0 Å². The number of methoxy groups -OCH3 is 1. The molecular formula is C29H31N5O5S. The van der Waals surface area contributed by atoms with E-state index in [1.54, 1.807) is 25.4 Å². The number of nitrogens with zero attached hydrogens (tertiary/aromatic N) is 4. The molecule has 0 saturated carbocycles. The van der Waals surface area contributed by atoms with Crippen LogP contribution >= 0.6 is 0 Å². The Hall–Kier alpha value is -3.93. The number of benzene rings is 1. The summed E-state index contributed by atoms with van der Waals surface area (Å²) in [7, 11) is -1.82. The van der Waals surface area contributed by atoms with Gasteiger partial charge in [0.25, 0.3) is 5.91 Å². The number of amides is 1. The second kappa shape index (κ2) is 12.1. The Morgan fingerprint density at radius 3 is 2.77 bits per heavy atom. The van der Waals surface area contributed by atoms with Crippen molar-refractivity contribution in [1.82, 2.24) is 20.3 Å². The molecule has 0 unspecified atom stereocenters. The van der Waals surface area contributed by atoms with Gasteiger partial charge in [-0.3, -0.25) is 9.78 Å². The van der Waals surface area contributed by atoms with Crippen molar-refractivity contribution in [1.29, 1.82) is 0 Å². The first kappa shape index (κ1) is 27.6. The lowest BCUT2D eigenvalue weighted by Gasteiger charge is -2.21. The molecule has 208 valence electrons. The Morgan fingerprint density at radius 1 is 1.10 bits per heavy atom. The third-order valence-electron chi connectivity index (χ3n) is 6.75. The average molecular weight is 562 g/mol. The predicted octanol–water partition coefficient (Wildman–Crippen LogP) is 3.40. The number of sulfone groups is 1. The summed E-state index contributed by atoms with van der Waals surface area (Å²) in [6.07, 6.45) is 1.72. The minimum Gasteiger partial charge on any atom is -0.383 e. The van der Waals surface area contributed by atoms with Gasteiger partial charge >= 0.3 is 0 Å². The van der Waals surface area contributed by atoms with Crippen molar-refractivity contribution in [3.05, 3.63) is 77.6 Å². The molecule has 10 nitrogen and oxygen atoms in total. The number of aromatic nitrogens is 3. The van der Waals surface area contributed by atoms with Gasteiger partial charge in [0.1, 0.15) is 5.82 Å². The van der Waals surface area contributed by atoms with E-state index >= 15 is 0 Å². The van der Waals surface area contributed by atoms with E-state index in [1.807, 2.05) is 36.4 Å². The summed E-state index contributed by atoms with van der Waals surface area (Å²) < 4.78 is 35.7. The summed E-state index contributed by atoms with van der Waals surface area (Å²) in [5, 5.41) is 3.70. The van der Waals surface area contributed by atoms with Crippen LogP contribution in [0, 0.1) is 0 Å². The van der Waals surface area contributed by atoms with Crippen LogP contribution in [0.25, 0.3) is 22.3 Å². The molecule has 1 aliphatic rings. The fraction of sp³-hybridized carbons (Fsp3) is 0.310. The minimum absolute atomic E-state index is 0.106. The Kier molecular flexibility index (Phi) is 8.34. The zero-order chi connectivity index (χ0) is 28.1. The molecule has 1 aliphatic heterocycles. The topological polar surface area (TPSA) is 124 Å². The van der Waals surface area contributed by atoms with Gasteiger partial charge in [-0.15, -0.1) is 0 Å². The monoisotopic (exact) mass is 561 g/mol. The van der Waals surface area contributed by atoms with Crippen molar-refractivity contribution in [2.24, 2.45) is 0 Å². The van der Waals surface area contributed by atoms with E-state index in [0.29, 0.717) is 17.9 Å². The molecule has 5 rings (SSSR count). The molecule has 1 N–H and O–H groups in total. The number of carbonyl (C=O) groups excluding carboxylic acids is 1. The number of carbonyl (C=O) groups is 1. The van der Waals surface area contributed by atoms with E-state index in [-0.39, 0.29) is 41.9 Å². The maximum absolute atomic E-state index is 12.9. The second-order valence-electron chi connectivity index (χ2n) is 9.39. The van der Waals surface area contributed by atoms with Gasteiger partial charge < -0.3 is 19.7 Å². The van der Waals surface area contributed by atoms with Crippen molar-refractivity contribution >= 4 is 32.5 Å². The van der Waals surface area contributed by atoms with Crippen LogP contribution in [-0.4, -0.2) is 68.4 Å². The number of hydrogen-bond acceptors (Lipinski definition) is 9. The molecule has 0 radical (unpaired) electrons. The van der Waals surface area contributed by atoms with E-state index in [0.717, 1.165) is 41.2 Å². The average Bonchev–Trinajstić information content (AvgIpc) is 3.13. The van der Waals surface area contributed by atoms with Gasteiger partial charge in [0.2, 0.25) is 0 Å². The fourth-order valence-corrected chi connectivity index (χ4v) is 5.90. The molecule has 0 saturated heterocycles. The van der Waals surface area contributed by atoms with Crippen molar-refractivity contribution in [2.45, 2.75) is 25.0 Å². The van der Waals surface area contributed by atoms with Gasteiger partial charge in [-0.25, -0.2) is 18.4 Å². The van der Waals surface area contributed by atoms with E-state index in [9.17, 15) is 13.2 Å². The maximum Gasteiger partial charge on any atom is 0.251 e. The van der Waals surface area contributed by atoms with Crippen LogP contribution in [0.1, 0.15) is 28.5 Å². The van der Waals surface area contributed by atoms with Crippen LogP contribution in [0.3, 0.4) is 0 Å². The molecule has 0 spiro atoms. The second-order valence-corrected chi connectivity index (χ2v) is 11.5. The van der Waals surface area contributed by atoms with Crippen LogP contribution in [0.15, 0.2) is 65.7 Å². The zero-order valence-electron chi connectivity index (χ0n) is 22.5.